The molecule has 0 aliphatic heterocycles. The number of phenols is 1. The molecule has 0 saturated heterocycles. The highest BCUT2D eigenvalue weighted by Gasteiger charge is 2.11. The number of hydrogen-bond acceptors (Lipinski definition) is 5. The molecule has 0 spiro atoms. The number of nitrogens with one attached hydrogen (secondary N) is 2. The summed E-state index contributed by atoms with van der Waals surface area (Å²) in [6.45, 7) is 4.99. The van der Waals surface area contributed by atoms with E-state index >= 15 is 0 Å². The fraction of sp³-hybridized carbons (Fsp3) is 0.533. The number of amides is 1. The predicted molar refractivity (Wildman–Crippen MR) is 80.8 cm³/mol. The lowest BCUT2D eigenvalue weighted by atomic mass is 10.1. The minimum Gasteiger partial charge on any atom is -0.502 e. The molecular weight excluding hydrogens is 272 g/mol. The SMILES string of the molecule is COc1cc(CNCCC(=O)NC(C)C)cc(OC)c1O. The van der Waals surface area contributed by atoms with E-state index in [9.17, 15) is 9.90 Å². The Morgan fingerprint density at radius 2 is 1.81 bits per heavy atom. The van der Waals surface area contributed by atoms with Crippen LogP contribution in [0.4, 0.5) is 0 Å². The molecule has 6 nitrogen and oxygen atoms in total. The van der Waals surface area contributed by atoms with E-state index in [0.717, 1.165) is 5.56 Å². The van der Waals surface area contributed by atoms with Gasteiger partial charge in [0.05, 0.1) is 14.2 Å². The maximum Gasteiger partial charge on any atom is 0.221 e. The zero-order valence-electron chi connectivity index (χ0n) is 13.0. The van der Waals surface area contributed by atoms with Gasteiger partial charge in [-0.25, -0.2) is 0 Å². The van der Waals surface area contributed by atoms with E-state index in [2.05, 4.69) is 10.6 Å². The summed E-state index contributed by atoms with van der Waals surface area (Å²) in [7, 11) is 2.98. The standard InChI is InChI=1S/C15H24N2O4/c1-10(2)17-14(18)5-6-16-9-11-7-12(20-3)15(19)13(8-11)21-4/h7-8,10,16,19H,5-6,9H2,1-4H3,(H,17,18). The minimum absolute atomic E-state index is 0.0138. The molecule has 118 valence electrons. The maximum atomic E-state index is 11.5. The van der Waals surface area contributed by atoms with Crippen molar-refractivity contribution in [2.24, 2.45) is 0 Å². The second-order valence-corrected chi connectivity index (χ2v) is 5.00. The van der Waals surface area contributed by atoms with Gasteiger partial charge in [-0.1, -0.05) is 0 Å². The number of benzene rings is 1. The zero-order valence-corrected chi connectivity index (χ0v) is 13.0. The molecule has 0 fully saturated rings. The molecule has 0 aliphatic rings. The van der Waals surface area contributed by atoms with Crippen molar-refractivity contribution in [3.8, 4) is 17.2 Å². The lowest BCUT2D eigenvalue weighted by Gasteiger charge is -2.12. The summed E-state index contributed by atoms with van der Waals surface area (Å²) in [4.78, 5) is 11.5. The van der Waals surface area contributed by atoms with E-state index in [1.54, 1.807) is 12.1 Å². The first-order chi connectivity index (χ1) is 9.97. The van der Waals surface area contributed by atoms with Crippen LogP contribution in [0.25, 0.3) is 0 Å². The Morgan fingerprint density at radius 1 is 1.24 bits per heavy atom. The van der Waals surface area contributed by atoms with E-state index in [4.69, 9.17) is 9.47 Å². The van der Waals surface area contributed by atoms with Gasteiger partial charge in [0, 0.05) is 25.6 Å². The summed E-state index contributed by atoms with van der Waals surface area (Å²) in [5.74, 6) is 0.742. The van der Waals surface area contributed by atoms with Gasteiger partial charge in [-0.05, 0) is 31.5 Å². The van der Waals surface area contributed by atoms with Gasteiger partial charge in [0.1, 0.15) is 0 Å². The molecule has 1 rings (SSSR count). The van der Waals surface area contributed by atoms with E-state index in [-0.39, 0.29) is 17.7 Å². The topological polar surface area (TPSA) is 79.8 Å². The van der Waals surface area contributed by atoms with Crippen molar-refractivity contribution in [1.29, 1.82) is 0 Å². The molecule has 0 heterocycles. The third kappa shape index (κ3) is 5.51. The van der Waals surface area contributed by atoms with Crippen molar-refractivity contribution in [3.63, 3.8) is 0 Å². The Balaban J connectivity index is 2.50. The molecular formula is C15H24N2O4. The smallest absolute Gasteiger partial charge is 0.221 e. The fourth-order valence-corrected chi connectivity index (χ4v) is 1.88. The molecule has 0 radical (unpaired) electrons. The van der Waals surface area contributed by atoms with Crippen molar-refractivity contribution in [3.05, 3.63) is 17.7 Å². The number of carbonyl (C=O) groups is 1. The van der Waals surface area contributed by atoms with E-state index in [1.165, 1.54) is 14.2 Å². The van der Waals surface area contributed by atoms with Crippen molar-refractivity contribution in [1.82, 2.24) is 10.6 Å². The summed E-state index contributed by atoms with van der Waals surface area (Å²) < 4.78 is 10.2. The molecule has 1 aromatic carbocycles. The molecule has 0 atom stereocenters. The normalized spacial score (nSPS) is 10.5. The highest BCUT2D eigenvalue weighted by atomic mass is 16.5. The second kappa shape index (κ2) is 8.36. The van der Waals surface area contributed by atoms with Crippen LogP contribution >= 0.6 is 0 Å². The number of hydrogen-bond donors (Lipinski definition) is 3. The first kappa shape index (κ1) is 17.1. The van der Waals surface area contributed by atoms with E-state index < -0.39 is 0 Å². The Morgan fingerprint density at radius 3 is 2.29 bits per heavy atom. The predicted octanol–water partition coefficient (Wildman–Crippen LogP) is 1.41. The molecule has 0 aliphatic carbocycles. The first-order valence-corrected chi connectivity index (χ1v) is 6.91. The number of phenolic OH excluding ortho intramolecular Hbond substituents is 1. The molecule has 3 N–H and O–H groups in total. The van der Waals surface area contributed by atoms with Crippen LogP contribution in [0.3, 0.4) is 0 Å². The molecule has 0 aromatic heterocycles. The quantitative estimate of drug-likeness (QED) is 0.632. The van der Waals surface area contributed by atoms with Crippen molar-refractivity contribution >= 4 is 5.91 Å². The summed E-state index contributed by atoms with van der Waals surface area (Å²) in [6, 6.07) is 3.63. The minimum atomic E-state index is -0.0138. The summed E-state index contributed by atoms with van der Waals surface area (Å²) in [6.07, 6.45) is 0.421. The number of methoxy groups -OCH3 is 2. The molecule has 1 amide bonds. The van der Waals surface area contributed by atoms with Crippen LogP contribution in [0.2, 0.25) is 0 Å². The van der Waals surface area contributed by atoms with Crippen LogP contribution in [0, 0.1) is 0 Å². The number of ether oxygens (including phenoxy) is 2. The van der Waals surface area contributed by atoms with Crippen LogP contribution in [-0.2, 0) is 11.3 Å². The van der Waals surface area contributed by atoms with Crippen molar-refractivity contribution in [2.75, 3.05) is 20.8 Å². The maximum absolute atomic E-state index is 11.5. The highest BCUT2D eigenvalue weighted by Crippen LogP contribution is 2.36. The van der Waals surface area contributed by atoms with Gasteiger partial charge in [0.15, 0.2) is 11.5 Å². The van der Waals surface area contributed by atoms with Gasteiger partial charge in [-0.2, -0.15) is 0 Å². The van der Waals surface area contributed by atoms with Gasteiger partial charge in [-0.3, -0.25) is 4.79 Å². The van der Waals surface area contributed by atoms with Gasteiger partial charge >= 0.3 is 0 Å². The average Bonchev–Trinajstić information content (AvgIpc) is 2.44. The summed E-state index contributed by atoms with van der Waals surface area (Å²) in [5.41, 5.74) is 0.908. The average molecular weight is 296 g/mol. The first-order valence-electron chi connectivity index (χ1n) is 6.91. The molecule has 0 bridgehead atoms. The molecule has 6 heteroatoms. The van der Waals surface area contributed by atoms with Gasteiger partial charge in [0.25, 0.3) is 0 Å². The molecule has 0 unspecified atom stereocenters. The van der Waals surface area contributed by atoms with Crippen LogP contribution in [-0.4, -0.2) is 37.8 Å². The Bertz CT molecular complexity index is 450. The number of carbonyl (C=O) groups excluding carboxylic acids is 1. The second-order valence-electron chi connectivity index (χ2n) is 5.00. The highest BCUT2D eigenvalue weighted by molar-refractivity contribution is 5.76. The largest absolute Gasteiger partial charge is 0.502 e. The Labute approximate surface area is 125 Å². The Hall–Kier alpha value is -1.95. The van der Waals surface area contributed by atoms with Crippen molar-refractivity contribution < 1.29 is 19.4 Å². The zero-order chi connectivity index (χ0) is 15.8. The lowest BCUT2D eigenvalue weighted by Crippen LogP contribution is -2.32. The summed E-state index contributed by atoms with van der Waals surface area (Å²) in [5, 5.41) is 15.8. The van der Waals surface area contributed by atoms with Crippen molar-refractivity contribution in [2.45, 2.75) is 32.9 Å². The fourth-order valence-electron chi connectivity index (χ4n) is 1.88. The molecule has 0 saturated carbocycles. The van der Waals surface area contributed by atoms with Gasteiger partial charge < -0.3 is 25.2 Å². The van der Waals surface area contributed by atoms with Gasteiger partial charge in [-0.15, -0.1) is 0 Å². The third-order valence-corrected chi connectivity index (χ3v) is 2.85. The van der Waals surface area contributed by atoms with Crippen LogP contribution in [0.5, 0.6) is 17.2 Å². The third-order valence-electron chi connectivity index (χ3n) is 2.85. The molecule has 21 heavy (non-hydrogen) atoms. The molecule has 1 aromatic rings. The van der Waals surface area contributed by atoms with Crippen LogP contribution < -0.4 is 20.1 Å². The van der Waals surface area contributed by atoms with E-state index in [1.807, 2.05) is 13.8 Å². The van der Waals surface area contributed by atoms with Crippen LogP contribution in [0.15, 0.2) is 12.1 Å². The van der Waals surface area contributed by atoms with Gasteiger partial charge in [0.2, 0.25) is 11.7 Å². The number of rotatable bonds is 8. The van der Waals surface area contributed by atoms with E-state index in [0.29, 0.717) is 31.0 Å². The lowest BCUT2D eigenvalue weighted by molar-refractivity contribution is -0.121. The van der Waals surface area contributed by atoms with Crippen LogP contribution in [0.1, 0.15) is 25.8 Å². The summed E-state index contributed by atoms with van der Waals surface area (Å²) >= 11 is 0. The number of aromatic hydroxyl groups is 1. The monoisotopic (exact) mass is 296 g/mol. The Kier molecular flexibility index (Phi) is 6.81.